The maximum Gasteiger partial charge on any atom is 0.266 e. The Labute approximate surface area is 134 Å². The fourth-order valence-corrected chi connectivity index (χ4v) is 2.24. The summed E-state index contributed by atoms with van der Waals surface area (Å²) < 4.78 is 5.86. The van der Waals surface area contributed by atoms with Crippen molar-refractivity contribution in [3.63, 3.8) is 0 Å². The van der Waals surface area contributed by atoms with Crippen molar-refractivity contribution < 1.29 is 14.3 Å². The number of hydrogen-bond acceptors (Lipinski definition) is 3. The van der Waals surface area contributed by atoms with Crippen LogP contribution in [0.1, 0.15) is 34.9 Å². The van der Waals surface area contributed by atoms with Crippen LogP contribution in [0.3, 0.4) is 0 Å². The molecule has 2 aromatic rings. The number of rotatable bonds is 6. The van der Waals surface area contributed by atoms with Gasteiger partial charge in [0.2, 0.25) is 12.0 Å². The summed E-state index contributed by atoms with van der Waals surface area (Å²) in [4.78, 5) is 23.6. The highest BCUT2D eigenvalue weighted by Gasteiger charge is 2.29. The van der Waals surface area contributed by atoms with Crippen LogP contribution in [0.25, 0.3) is 0 Å². The second kappa shape index (κ2) is 6.52. The van der Waals surface area contributed by atoms with E-state index in [2.05, 4.69) is 5.32 Å². The summed E-state index contributed by atoms with van der Waals surface area (Å²) >= 11 is 0. The first-order valence-electron chi connectivity index (χ1n) is 7.55. The molecule has 3 N–H and O–H groups in total. The standard InChI is InChI=1S/C18H18N2O3/c19-17(21)13-6-10-15(11-7-13)23-16(12-4-2-1-3-5-12)18(22)20-14-8-9-14/h1-7,10-11,14,16H,8-9H2,(H2,19,21)(H,20,22). The summed E-state index contributed by atoms with van der Waals surface area (Å²) in [6, 6.07) is 16.0. The fraction of sp³-hybridized carbons (Fsp3) is 0.222. The van der Waals surface area contributed by atoms with E-state index in [0.29, 0.717) is 11.3 Å². The molecule has 1 unspecified atom stereocenters. The molecule has 0 aliphatic heterocycles. The normalized spacial score (nSPS) is 14.8. The van der Waals surface area contributed by atoms with E-state index in [1.807, 2.05) is 30.3 Å². The quantitative estimate of drug-likeness (QED) is 0.858. The Morgan fingerprint density at radius 3 is 2.26 bits per heavy atom. The van der Waals surface area contributed by atoms with Crippen molar-refractivity contribution in [1.82, 2.24) is 5.32 Å². The number of carbonyl (C=O) groups is 2. The van der Waals surface area contributed by atoms with Crippen molar-refractivity contribution in [2.24, 2.45) is 5.73 Å². The summed E-state index contributed by atoms with van der Waals surface area (Å²) in [6.07, 6.45) is 1.30. The smallest absolute Gasteiger partial charge is 0.266 e. The van der Waals surface area contributed by atoms with E-state index in [9.17, 15) is 9.59 Å². The number of hydrogen-bond donors (Lipinski definition) is 2. The zero-order chi connectivity index (χ0) is 16.2. The van der Waals surface area contributed by atoms with E-state index in [-0.39, 0.29) is 11.9 Å². The predicted molar refractivity (Wildman–Crippen MR) is 85.9 cm³/mol. The van der Waals surface area contributed by atoms with Crippen molar-refractivity contribution >= 4 is 11.8 Å². The van der Waals surface area contributed by atoms with E-state index >= 15 is 0 Å². The van der Waals surface area contributed by atoms with E-state index in [0.717, 1.165) is 18.4 Å². The van der Waals surface area contributed by atoms with Gasteiger partial charge in [0.25, 0.3) is 5.91 Å². The first-order chi connectivity index (χ1) is 11.1. The molecule has 118 valence electrons. The number of primary amides is 1. The van der Waals surface area contributed by atoms with E-state index < -0.39 is 12.0 Å². The highest BCUT2D eigenvalue weighted by Crippen LogP contribution is 2.25. The lowest BCUT2D eigenvalue weighted by Crippen LogP contribution is -2.33. The number of nitrogens with one attached hydrogen (secondary N) is 1. The zero-order valence-corrected chi connectivity index (χ0v) is 12.6. The Morgan fingerprint density at radius 1 is 1.04 bits per heavy atom. The summed E-state index contributed by atoms with van der Waals surface area (Å²) in [6.45, 7) is 0. The van der Waals surface area contributed by atoms with Gasteiger partial charge in [-0.3, -0.25) is 9.59 Å². The van der Waals surface area contributed by atoms with Crippen LogP contribution in [0, 0.1) is 0 Å². The van der Waals surface area contributed by atoms with Gasteiger partial charge in [-0.25, -0.2) is 0 Å². The van der Waals surface area contributed by atoms with Crippen LogP contribution < -0.4 is 15.8 Å². The number of carbonyl (C=O) groups excluding carboxylic acids is 2. The van der Waals surface area contributed by atoms with Gasteiger partial charge in [-0.1, -0.05) is 30.3 Å². The van der Waals surface area contributed by atoms with Gasteiger partial charge in [-0.15, -0.1) is 0 Å². The van der Waals surface area contributed by atoms with Crippen LogP contribution >= 0.6 is 0 Å². The second-order valence-electron chi connectivity index (χ2n) is 5.58. The molecule has 5 heteroatoms. The average Bonchev–Trinajstić information content (AvgIpc) is 3.37. The first kappa shape index (κ1) is 15.1. The Bertz CT molecular complexity index is 694. The molecule has 0 heterocycles. The summed E-state index contributed by atoms with van der Waals surface area (Å²) in [5, 5.41) is 2.96. The van der Waals surface area contributed by atoms with Gasteiger partial charge in [0, 0.05) is 17.2 Å². The molecule has 0 bridgehead atoms. The summed E-state index contributed by atoms with van der Waals surface area (Å²) in [5.41, 5.74) is 6.40. The monoisotopic (exact) mass is 310 g/mol. The minimum absolute atomic E-state index is 0.155. The molecular weight excluding hydrogens is 292 g/mol. The highest BCUT2D eigenvalue weighted by molar-refractivity contribution is 5.92. The molecule has 23 heavy (non-hydrogen) atoms. The van der Waals surface area contributed by atoms with Gasteiger partial charge < -0.3 is 15.8 Å². The number of ether oxygens (including phenoxy) is 1. The van der Waals surface area contributed by atoms with Gasteiger partial charge in [0.1, 0.15) is 5.75 Å². The molecule has 0 aromatic heterocycles. The molecule has 2 amide bonds. The molecule has 5 nitrogen and oxygen atoms in total. The fourth-order valence-electron chi connectivity index (χ4n) is 2.24. The molecule has 0 spiro atoms. The molecule has 1 saturated carbocycles. The molecule has 3 rings (SSSR count). The Morgan fingerprint density at radius 2 is 1.70 bits per heavy atom. The highest BCUT2D eigenvalue weighted by atomic mass is 16.5. The third-order valence-corrected chi connectivity index (χ3v) is 3.66. The van der Waals surface area contributed by atoms with Gasteiger partial charge in [-0.2, -0.15) is 0 Å². The lowest BCUT2D eigenvalue weighted by atomic mass is 10.1. The maximum atomic E-state index is 12.5. The third kappa shape index (κ3) is 3.88. The molecule has 1 aliphatic carbocycles. The van der Waals surface area contributed by atoms with Gasteiger partial charge in [-0.05, 0) is 37.1 Å². The van der Waals surface area contributed by atoms with Crippen LogP contribution in [0.15, 0.2) is 54.6 Å². The lowest BCUT2D eigenvalue weighted by molar-refractivity contribution is -0.128. The molecular formula is C18H18N2O3. The summed E-state index contributed by atoms with van der Waals surface area (Å²) in [5.74, 6) is -0.143. The van der Waals surface area contributed by atoms with Crippen molar-refractivity contribution in [1.29, 1.82) is 0 Å². The Hall–Kier alpha value is -2.82. The number of amides is 2. The number of nitrogens with two attached hydrogens (primary N) is 1. The lowest BCUT2D eigenvalue weighted by Gasteiger charge is -2.19. The van der Waals surface area contributed by atoms with Crippen LogP contribution in [-0.2, 0) is 4.79 Å². The van der Waals surface area contributed by atoms with Crippen LogP contribution in [0.2, 0.25) is 0 Å². The average molecular weight is 310 g/mol. The topological polar surface area (TPSA) is 81.4 Å². The van der Waals surface area contributed by atoms with E-state index in [1.165, 1.54) is 0 Å². The SMILES string of the molecule is NC(=O)c1ccc(OC(C(=O)NC2CC2)c2ccccc2)cc1. The zero-order valence-electron chi connectivity index (χ0n) is 12.6. The first-order valence-corrected chi connectivity index (χ1v) is 7.55. The van der Waals surface area contributed by atoms with Crippen LogP contribution in [0.5, 0.6) is 5.75 Å². The van der Waals surface area contributed by atoms with Gasteiger partial charge in [0.15, 0.2) is 0 Å². The minimum atomic E-state index is -0.726. The van der Waals surface area contributed by atoms with E-state index in [4.69, 9.17) is 10.5 Å². The van der Waals surface area contributed by atoms with Crippen molar-refractivity contribution in [3.05, 3.63) is 65.7 Å². The molecule has 1 atom stereocenters. The maximum absolute atomic E-state index is 12.5. The van der Waals surface area contributed by atoms with Gasteiger partial charge >= 0.3 is 0 Å². The van der Waals surface area contributed by atoms with Gasteiger partial charge in [0.05, 0.1) is 0 Å². The van der Waals surface area contributed by atoms with Crippen molar-refractivity contribution in [2.45, 2.75) is 25.0 Å². The largest absolute Gasteiger partial charge is 0.476 e. The molecule has 1 aliphatic rings. The Balaban J connectivity index is 1.80. The molecule has 2 aromatic carbocycles. The third-order valence-electron chi connectivity index (χ3n) is 3.66. The summed E-state index contributed by atoms with van der Waals surface area (Å²) in [7, 11) is 0. The second-order valence-corrected chi connectivity index (χ2v) is 5.58. The molecule has 0 saturated heterocycles. The molecule has 0 radical (unpaired) electrons. The van der Waals surface area contributed by atoms with Crippen molar-refractivity contribution in [3.8, 4) is 5.75 Å². The molecule has 1 fully saturated rings. The van der Waals surface area contributed by atoms with E-state index in [1.54, 1.807) is 24.3 Å². The van der Waals surface area contributed by atoms with Crippen LogP contribution in [0.4, 0.5) is 0 Å². The predicted octanol–water partition coefficient (Wildman–Crippen LogP) is 2.18. The van der Waals surface area contributed by atoms with Crippen LogP contribution in [-0.4, -0.2) is 17.9 Å². The Kier molecular flexibility index (Phi) is 4.28. The minimum Gasteiger partial charge on any atom is -0.476 e. The van der Waals surface area contributed by atoms with Crippen molar-refractivity contribution in [2.75, 3.05) is 0 Å². The number of benzene rings is 2.